The molecule has 0 aromatic heterocycles. The fourth-order valence-electron chi connectivity index (χ4n) is 1.86. The molecule has 1 saturated carbocycles. The number of ether oxygens (including phenoxy) is 2. The zero-order valence-corrected chi connectivity index (χ0v) is 10.8. The van der Waals surface area contributed by atoms with Crippen LogP contribution in [0.5, 0.6) is 5.75 Å². The lowest BCUT2D eigenvalue weighted by Crippen LogP contribution is -2.30. The molecule has 0 bridgehead atoms. The highest BCUT2D eigenvalue weighted by Crippen LogP contribution is 2.37. The van der Waals surface area contributed by atoms with E-state index in [1.54, 1.807) is 13.0 Å². The van der Waals surface area contributed by atoms with Crippen molar-refractivity contribution in [1.82, 2.24) is 0 Å². The van der Waals surface area contributed by atoms with Crippen LogP contribution in [0.3, 0.4) is 0 Å². The number of carbonyl (C=O) groups is 1. The maximum Gasteiger partial charge on any atom is 0.347 e. The van der Waals surface area contributed by atoms with Gasteiger partial charge in [0.15, 0.2) is 11.9 Å². The topological polar surface area (TPSA) is 78.7 Å². The first-order chi connectivity index (χ1) is 9.02. The molecule has 1 aliphatic carbocycles. The van der Waals surface area contributed by atoms with Gasteiger partial charge in [0.25, 0.3) is 0 Å². The quantitative estimate of drug-likeness (QED) is 0.463. The van der Waals surface area contributed by atoms with Crippen LogP contribution < -0.4 is 4.74 Å². The Labute approximate surface area is 110 Å². The Hall–Kier alpha value is -2.11. The number of aryl methyl sites for hydroxylation is 1. The van der Waals surface area contributed by atoms with E-state index >= 15 is 0 Å². The molecule has 6 heteroatoms. The zero-order valence-electron chi connectivity index (χ0n) is 10.8. The SMILES string of the molecule is COC(=O)C(Oc1ccc(C)cc1[N+](=O)[O-])C1CC1. The number of nitro groups is 1. The molecule has 1 unspecified atom stereocenters. The van der Waals surface area contributed by atoms with Gasteiger partial charge in [-0.05, 0) is 31.4 Å². The molecular weight excluding hydrogens is 250 g/mol. The Morgan fingerprint density at radius 2 is 2.16 bits per heavy atom. The number of rotatable bonds is 5. The van der Waals surface area contributed by atoms with Crippen LogP contribution in [0.2, 0.25) is 0 Å². The average molecular weight is 265 g/mol. The summed E-state index contributed by atoms with van der Waals surface area (Å²) in [6.45, 7) is 1.76. The number of carbonyl (C=O) groups excluding carboxylic acids is 1. The molecule has 0 saturated heterocycles. The standard InChI is InChI=1S/C13H15NO5/c1-8-3-6-11(10(7-8)14(16)17)19-12(9-4-5-9)13(15)18-2/h3,6-7,9,12H,4-5H2,1-2H3. The van der Waals surface area contributed by atoms with Gasteiger partial charge in [-0.25, -0.2) is 4.79 Å². The summed E-state index contributed by atoms with van der Waals surface area (Å²) in [6, 6.07) is 4.66. The zero-order chi connectivity index (χ0) is 14.0. The summed E-state index contributed by atoms with van der Waals surface area (Å²) in [4.78, 5) is 22.1. The van der Waals surface area contributed by atoms with E-state index < -0.39 is 17.0 Å². The predicted molar refractivity (Wildman–Crippen MR) is 67.0 cm³/mol. The number of hydrogen-bond acceptors (Lipinski definition) is 5. The monoisotopic (exact) mass is 265 g/mol. The van der Waals surface area contributed by atoms with Gasteiger partial charge in [0.2, 0.25) is 0 Å². The first-order valence-electron chi connectivity index (χ1n) is 6.02. The molecule has 2 rings (SSSR count). The van der Waals surface area contributed by atoms with Gasteiger partial charge in [-0.1, -0.05) is 6.07 Å². The molecule has 1 aromatic carbocycles. The van der Waals surface area contributed by atoms with Gasteiger partial charge in [0, 0.05) is 12.0 Å². The lowest BCUT2D eigenvalue weighted by molar-refractivity contribution is -0.386. The number of esters is 1. The van der Waals surface area contributed by atoms with Crippen LogP contribution in [-0.2, 0) is 9.53 Å². The van der Waals surface area contributed by atoms with E-state index in [9.17, 15) is 14.9 Å². The maximum atomic E-state index is 11.6. The molecule has 0 amide bonds. The summed E-state index contributed by atoms with van der Waals surface area (Å²) >= 11 is 0. The Balaban J connectivity index is 2.26. The molecule has 102 valence electrons. The van der Waals surface area contributed by atoms with Crippen LogP contribution in [0.15, 0.2) is 18.2 Å². The summed E-state index contributed by atoms with van der Waals surface area (Å²) in [5, 5.41) is 11.0. The van der Waals surface area contributed by atoms with Gasteiger partial charge in [-0.2, -0.15) is 0 Å². The number of nitro benzene ring substituents is 1. The van der Waals surface area contributed by atoms with Crippen LogP contribution in [0.4, 0.5) is 5.69 Å². The third kappa shape index (κ3) is 3.01. The van der Waals surface area contributed by atoms with Crippen LogP contribution >= 0.6 is 0 Å². The van der Waals surface area contributed by atoms with Crippen molar-refractivity contribution < 1.29 is 19.2 Å². The molecule has 19 heavy (non-hydrogen) atoms. The molecule has 1 fully saturated rings. The van der Waals surface area contributed by atoms with Crippen molar-refractivity contribution in [2.75, 3.05) is 7.11 Å². The van der Waals surface area contributed by atoms with Crippen molar-refractivity contribution in [3.05, 3.63) is 33.9 Å². The molecule has 1 aromatic rings. The largest absolute Gasteiger partial charge is 0.471 e. The van der Waals surface area contributed by atoms with Crippen LogP contribution in [0.1, 0.15) is 18.4 Å². The summed E-state index contributed by atoms with van der Waals surface area (Å²) in [5.74, 6) is -0.288. The van der Waals surface area contributed by atoms with E-state index in [1.807, 2.05) is 0 Å². The number of benzene rings is 1. The third-order valence-electron chi connectivity index (χ3n) is 3.05. The van der Waals surface area contributed by atoms with Gasteiger partial charge in [0.05, 0.1) is 12.0 Å². The highest BCUT2D eigenvalue weighted by atomic mass is 16.6. The average Bonchev–Trinajstić information content (AvgIpc) is 3.20. The molecular formula is C13H15NO5. The van der Waals surface area contributed by atoms with Crippen molar-refractivity contribution in [3.63, 3.8) is 0 Å². The van der Waals surface area contributed by atoms with E-state index in [0.717, 1.165) is 18.4 Å². The molecule has 0 radical (unpaired) electrons. The third-order valence-corrected chi connectivity index (χ3v) is 3.05. The van der Waals surface area contributed by atoms with E-state index in [-0.39, 0.29) is 17.4 Å². The minimum atomic E-state index is -0.758. The van der Waals surface area contributed by atoms with Crippen LogP contribution in [0, 0.1) is 23.0 Å². The second-order valence-electron chi connectivity index (χ2n) is 4.63. The summed E-state index contributed by atoms with van der Waals surface area (Å²) in [6.07, 6.45) is 0.991. The second-order valence-corrected chi connectivity index (χ2v) is 4.63. The Kier molecular flexibility index (Phi) is 3.69. The van der Waals surface area contributed by atoms with Gasteiger partial charge >= 0.3 is 11.7 Å². The van der Waals surface area contributed by atoms with Crippen molar-refractivity contribution in [3.8, 4) is 5.75 Å². The van der Waals surface area contributed by atoms with Crippen molar-refractivity contribution in [2.45, 2.75) is 25.9 Å². The molecule has 6 nitrogen and oxygen atoms in total. The van der Waals surface area contributed by atoms with Crippen LogP contribution in [0.25, 0.3) is 0 Å². The number of methoxy groups -OCH3 is 1. The van der Waals surface area contributed by atoms with Gasteiger partial charge < -0.3 is 9.47 Å². The first-order valence-corrected chi connectivity index (χ1v) is 6.02. The fourth-order valence-corrected chi connectivity index (χ4v) is 1.86. The molecule has 0 aliphatic heterocycles. The van der Waals surface area contributed by atoms with Crippen molar-refractivity contribution >= 4 is 11.7 Å². The lowest BCUT2D eigenvalue weighted by Gasteiger charge is -2.16. The smallest absolute Gasteiger partial charge is 0.347 e. The van der Waals surface area contributed by atoms with E-state index in [1.165, 1.54) is 19.2 Å². The minimum Gasteiger partial charge on any atom is -0.471 e. The molecule has 1 atom stereocenters. The van der Waals surface area contributed by atoms with Crippen LogP contribution in [-0.4, -0.2) is 24.1 Å². The summed E-state index contributed by atoms with van der Waals surface area (Å²) in [5.41, 5.74) is 0.634. The Morgan fingerprint density at radius 1 is 1.47 bits per heavy atom. The fraction of sp³-hybridized carbons (Fsp3) is 0.462. The highest BCUT2D eigenvalue weighted by molar-refractivity contribution is 5.76. The Morgan fingerprint density at radius 3 is 2.68 bits per heavy atom. The van der Waals surface area contributed by atoms with E-state index in [4.69, 9.17) is 4.74 Å². The summed E-state index contributed by atoms with van der Waals surface area (Å²) in [7, 11) is 1.28. The number of hydrogen-bond donors (Lipinski definition) is 0. The normalized spacial score (nSPS) is 15.7. The van der Waals surface area contributed by atoms with Crippen molar-refractivity contribution in [2.24, 2.45) is 5.92 Å². The van der Waals surface area contributed by atoms with Gasteiger partial charge in [-0.3, -0.25) is 10.1 Å². The highest BCUT2D eigenvalue weighted by Gasteiger charge is 2.40. The van der Waals surface area contributed by atoms with Gasteiger partial charge in [0.1, 0.15) is 0 Å². The minimum absolute atomic E-state index is 0.0911. The maximum absolute atomic E-state index is 11.6. The lowest BCUT2D eigenvalue weighted by atomic mass is 10.2. The molecule has 0 heterocycles. The Bertz CT molecular complexity index is 510. The van der Waals surface area contributed by atoms with E-state index in [0.29, 0.717) is 0 Å². The summed E-state index contributed by atoms with van der Waals surface area (Å²) < 4.78 is 10.2. The first kappa shape index (κ1) is 13.3. The molecule has 0 spiro atoms. The van der Waals surface area contributed by atoms with E-state index in [2.05, 4.69) is 4.74 Å². The molecule has 1 aliphatic rings. The molecule has 0 N–H and O–H groups in total. The second kappa shape index (κ2) is 5.26. The number of nitrogens with zero attached hydrogens (tertiary/aromatic N) is 1. The predicted octanol–water partition coefficient (Wildman–Crippen LogP) is 2.23. The van der Waals surface area contributed by atoms with Gasteiger partial charge in [-0.15, -0.1) is 0 Å². The van der Waals surface area contributed by atoms with Crippen molar-refractivity contribution in [1.29, 1.82) is 0 Å².